The van der Waals surface area contributed by atoms with Crippen LogP contribution in [0.15, 0.2) is 36.4 Å². The summed E-state index contributed by atoms with van der Waals surface area (Å²) in [4.78, 5) is 28.7. The van der Waals surface area contributed by atoms with Crippen LogP contribution in [-0.4, -0.2) is 60.4 Å². The molecule has 0 atom stereocenters. The maximum absolute atomic E-state index is 12.4. The predicted molar refractivity (Wildman–Crippen MR) is 108 cm³/mol. The lowest BCUT2D eigenvalue weighted by molar-refractivity contribution is -0.137. The van der Waals surface area contributed by atoms with E-state index in [0.29, 0.717) is 13.1 Å². The molecule has 0 radical (unpaired) electrons. The fourth-order valence-corrected chi connectivity index (χ4v) is 3.86. The summed E-state index contributed by atoms with van der Waals surface area (Å²) in [6.45, 7) is 4.01. The number of hydrogen-bond donors (Lipinski definition) is 1. The largest absolute Gasteiger partial charge is 0.353 e. The maximum atomic E-state index is 12.4. The van der Waals surface area contributed by atoms with Gasteiger partial charge in [-0.15, -0.1) is 0 Å². The van der Waals surface area contributed by atoms with Crippen molar-refractivity contribution in [2.75, 3.05) is 32.7 Å². The van der Waals surface area contributed by atoms with Gasteiger partial charge in [0.15, 0.2) is 0 Å². The highest BCUT2D eigenvalue weighted by Gasteiger charge is 2.23. The Kier molecular flexibility index (Phi) is 7.45. The normalized spacial score (nSPS) is 19.3. The summed E-state index contributed by atoms with van der Waals surface area (Å²) in [5, 5.41) is 3.04. The molecule has 2 amide bonds. The molecule has 0 aromatic heterocycles. The van der Waals surface area contributed by atoms with Gasteiger partial charge in [0.05, 0.1) is 0 Å². The molecule has 1 aliphatic heterocycles. The van der Waals surface area contributed by atoms with Crippen molar-refractivity contribution in [3.8, 4) is 0 Å². The van der Waals surface area contributed by atoms with Crippen molar-refractivity contribution in [2.24, 2.45) is 0 Å². The first-order valence-electron chi connectivity index (χ1n) is 10.2. The van der Waals surface area contributed by atoms with Gasteiger partial charge >= 0.3 is 0 Å². The topological polar surface area (TPSA) is 52.7 Å². The number of hydrogen-bond acceptors (Lipinski definition) is 3. The van der Waals surface area contributed by atoms with E-state index in [1.807, 2.05) is 23.1 Å². The Hall–Kier alpha value is -2.14. The molecule has 1 aromatic carbocycles. The SMILES string of the molecule is O=C(CC(=O)N1CCN(C/C=C/c2ccccc2)CC1)NC1CCCCC1. The summed E-state index contributed by atoms with van der Waals surface area (Å²) >= 11 is 0. The van der Waals surface area contributed by atoms with E-state index in [-0.39, 0.29) is 24.3 Å². The average Bonchev–Trinajstić information content (AvgIpc) is 2.70. The van der Waals surface area contributed by atoms with Crippen molar-refractivity contribution in [3.05, 3.63) is 42.0 Å². The number of amides is 2. The second kappa shape index (κ2) is 10.3. The Morgan fingerprint density at radius 2 is 1.70 bits per heavy atom. The van der Waals surface area contributed by atoms with Gasteiger partial charge in [-0.1, -0.05) is 61.7 Å². The van der Waals surface area contributed by atoms with Crippen molar-refractivity contribution in [3.63, 3.8) is 0 Å². The highest BCUT2D eigenvalue weighted by atomic mass is 16.2. The minimum absolute atomic E-state index is 0.00951. The van der Waals surface area contributed by atoms with Crippen LogP contribution in [-0.2, 0) is 9.59 Å². The molecule has 5 heteroatoms. The lowest BCUT2D eigenvalue weighted by Crippen LogP contribution is -2.49. The van der Waals surface area contributed by atoms with Gasteiger partial charge in [0.25, 0.3) is 0 Å². The number of benzene rings is 1. The highest BCUT2D eigenvalue weighted by molar-refractivity contribution is 5.97. The van der Waals surface area contributed by atoms with Crippen LogP contribution in [0.2, 0.25) is 0 Å². The molecule has 3 rings (SSSR count). The summed E-state index contributed by atoms with van der Waals surface area (Å²) in [6.07, 6.45) is 10.0. The Morgan fingerprint density at radius 1 is 1.00 bits per heavy atom. The monoisotopic (exact) mass is 369 g/mol. The van der Waals surface area contributed by atoms with Gasteiger partial charge in [-0.25, -0.2) is 0 Å². The van der Waals surface area contributed by atoms with E-state index < -0.39 is 0 Å². The van der Waals surface area contributed by atoms with Gasteiger partial charge in [-0.3, -0.25) is 14.5 Å². The summed E-state index contributed by atoms with van der Waals surface area (Å²) < 4.78 is 0. The summed E-state index contributed by atoms with van der Waals surface area (Å²) in [7, 11) is 0. The van der Waals surface area contributed by atoms with Gasteiger partial charge in [-0.2, -0.15) is 0 Å². The molecule has 2 fully saturated rings. The molecule has 0 spiro atoms. The first-order chi connectivity index (χ1) is 13.2. The van der Waals surface area contributed by atoms with Crippen LogP contribution in [0.25, 0.3) is 6.08 Å². The molecule has 0 bridgehead atoms. The van der Waals surface area contributed by atoms with Crippen LogP contribution in [0.3, 0.4) is 0 Å². The molecular formula is C22H31N3O2. The zero-order valence-corrected chi connectivity index (χ0v) is 16.1. The minimum atomic E-state index is -0.111. The zero-order valence-electron chi connectivity index (χ0n) is 16.1. The molecular weight excluding hydrogens is 338 g/mol. The second-order valence-electron chi connectivity index (χ2n) is 7.57. The number of piperazine rings is 1. The summed E-state index contributed by atoms with van der Waals surface area (Å²) in [6, 6.07) is 10.5. The molecule has 146 valence electrons. The molecule has 0 unspecified atom stereocenters. The fraction of sp³-hybridized carbons (Fsp3) is 0.545. The lowest BCUT2D eigenvalue weighted by Gasteiger charge is -2.34. The van der Waals surface area contributed by atoms with Crippen LogP contribution >= 0.6 is 0 Å². The van der Waals surface area contributed by atoms with Gasteiger partial charge in [-0.05, 0) is 18.4 Å². The Balaban J connectivity index is 1.35. The number of carbonyl (C=O) groups is 2. The average molecular weight is 370 g/mol. The van der Waals surface area contributed by atoms with E-state index in [2.05, 4.69) is 34.5 Å². The Labute approximate surface area is 162 Å². The second-order valence-corrected chi connectivity index (χ2v) is 7.57. The first kappa shape index (κ1) is 19.6. The quantitative estimate of drug-likeness (QED) is 0.785. The number of carbonyl (C=O) groups excluding carboxylic acids is 2. The molecule has 1 aliphatic carbocycles. The smallest absolute Gasteiger partial charge is 0.232 e. The van der Waals surface area contributed by atoms with Crippen molar-refractivity contribution in [2.45, 2.75) is 44.6 Å². The summed E-state index contributed by atoms with van der Waals surface area (Å²) in [5.74, 6) is -0.150. The molecule has 5 nitrogen and oxygen atoms in total. The van der Waals surface area contributed by atoms with E-state index in [9.17, 15) is 9.59 Å². The third-order valence-electron chi connectivity index (χ3n) is 5.48. The predicted octanol–water partition coefficient (Wildman–Crippen LogP) is 2.68. The Bertz CT molecular complexity index is 630. The minimum Gasteiger partial charge on any atom is -0.353 e. The molecule has 27 heavy (non-hydrogen) atoms. The van der Waals surface area contributed by atoms with Gasteiger partial charge in [0, 0.05) is 38.8 Å². The molecule has 1 heterocycles. The number of rotatable bonds is 6. The van der Waals surface area contributed by atoms with Crippen molar-refractivity contribution < 1.29 is 9.59 Å². The van der Waals surface area contributed by atoms with Crippen molar-refractivity contribution in [1.29, 1.82) is 0 Å². The number of nitrogens with one attached hydrogen (secondary N) is 1. The summed E-state index contributed by atoms with van der Waals surface area (Å²) in [5.41, 5.74) is 1.20. The number of nitrogens with zero attached hydrogens (tertiary/aromatic N) is 2. The standard InChI is InChI=1S/C22H31N3O2/c26-21(23-20-11-5-2-6-12-20)18-22(27)25-16-14-24(15-17-25)13-7-10-19-8-3-1-4-9-19/h1,3-4,7-10,20H,2,5-6,11-18H2,(H,23,26)/b10-7+. The van der Waals surface area contributed by atoms with E-state index >= 15 is 0 Å². The van der Waals surface area contributed by atoms with E-state index in [4.69, 9.17) is 0 Å². The lowest BCUT2D eigenvalue weighted by atomic mass is 9.95. The molecule has 1 saturated heterocycles. The fourth-order valence-electron chi connectivity index (χ4n) is 3.86. The van der Waals surface area contributed by atoms with Gasteiger partial charge < -0.3 is 10.2 Å². The van der Waals surface area contributed by atoms with E-state index in [0.717, 1.165) is 32.5 Å². The van der Waals surface area contributed by atoms with Gasteiger partial charge in [0.2, 0.25) is 11.8 Å². The van der Waals surface area contributed by atoms with Crippen LogP contribution in [0.4, 0.5) is 0 Å². The molecule has 2 aliphatic rings. The first-order valence-corrected chi connectivity index (χ1v) is 10.2. The van der Waals surface area contributed by atoms with Crippen molar-refractivity contribution >= 4 is 17.9 Å². The van der Waals surface area contributed by atoms with E-state index in [1.54, 1.807) is 0 Å². The molecule has 1 N–H and O–H groups in total. The van der Waals surface area contributed by atoms with Gasteiger partial charge in [0.1, 0.15) is 6.42 Å². The van der Waals surface area contributed by atoms with E-state index in [1.165, 1.54) is 24.8 Å². The molecule has 1 aromatic rings. The van der Waals surface area contributed by atoms with Crippen LogP contribution in [0.5, 0.6) is 0 Å². The highest BCUT2D eigenvalue weighted by Crippen LogP contribution is 2.17. The Morgan fingerprint density at radius 3 is 2.41 bits per heavy atom. The molecule has 1 saturated carbocycles. The van der Waals surface area contributed by atoms with Crippen molar-refractivity contribution in [1.82, 2.24) is 15.1 Å². The third-order valence-corrected chi connectivity index (χ3v) is 5.48. The zero-order chi connectivity index (χ0) is 18.9. The maximum Gasteiger partial charge on any atom is 0.232 e. The van der Waals surface area contributed by atoms with Crippen LogP contribution in [0.1, 0.15) is 44.1 Å². The third kappa shape index (κ3) is 6.51. The van der Waals surface area contributed by atoms with Crippen LogP contribution < -0.4 is 5.32 Å². The van der Waals surface area contributed by atoms with Crippen LogP contribution in [0, 0.1) is 0 Å².